The standard InChI is InChI=1S/C14H14NO.CH3/c1-12(16)14-9-5-6-10-15(14)11-13-7-3-2-4-8-13;/h2-10H,11H2,1H3;1H3/q+1;-1. The summed E-state index contributed by atoms with van der Waals surface area (Å²) >= 11 is 0. The van der Waals surface area contributed by atoms with Gasteiger partial charge in [-0.2, -0.15) is 4.57 Å². The van der Waals surface area contributed by atoms with Gasteiger partial charge in [0.25, 0.3) is 0 Å². The molecule has 1 aromatic carbocycles. The van der Waals surface area contributed by atoms with Crippen LogP contribution in [0, 0.1) is 7.43 Å². The van der Waals surface area contributed by atoms with E-state index < -0.39 is 0 Å². The summed E-state index contributed by atoms with van der Waals surface area (Å²) in [5.41, 5.74) is 1.94. The summed E-state index contributed by atoms with van der Waals surface area (Å²) in [6.07, 6.45) is 1.93. The molecule has 2 rings (SSSR count). The summed E-state index contributed by atoms with van der Waals surface area (Å²) in [7, 11) is 0. The second-order valence-corrected chi connectivity index (χ2v) is 3.76. The lowest BCUT2D eigenvalue weighted by atomic mass is 10.2. The van der Waals surface area contributed by atoms with Crippen LogP contribution in [0.3, 0.4) is 0 Å². The summed E-state index contributed by atoms with van der Waals surface area (Å²) in [5.74, 6) is 0.0940. The highest BCUT2D eigenvalue weighted by molar-refractivity contribution is 5.90. The van der Waals surface area contributed by atoms with Gasteiger partial charge < -0.3 is 7.43 Å². The van der Waals surface area contributed by atoms with Crippen molar-refractivity contribution in [2.24, 2.45) is 0 Å². The third-order valence-electron chi connectivity index (χ3n) is 2.50. The van der Waals surface area contributed by atoms with Crippen molar-refractivity contribution >= 4 is 5.78 Å². The molecule has 0 unspecified atom stereocenters. The molecule has 2 aromatic rings. The third kappa shape index (κ3) is 3.25. The molecule has 0 saturated carbocycles. The minimum atomic E-state index is 0. The van der Waals surface area contributed by atoms with Crippen molar-refractivity contribution in [3.63, 3.8) is 0 Å². The first-order valence-electron chi connectivity index (χ1n) is 5.31. The highest BCUT2D eigenvalue weighted by Gasteiger charge is 2.13. The van der Waals surface area contributed by atoms with E-state index in [1.54, 1.807) is 6.92 Å². The lowest BCUT2D eigenvalue weighted by Crippen LogP contribution is -2.39. The van der Waals surface area contributed by atoms with Crippen LogP contribution in [0.25, 0.3) is 0 Å². The largest absolute Gasteiger partial charge is 0.358 e. The van der Waals surface area contributed by atoms with E-state index in [1.807, 2.05) is 47.2 Å². The maximum Gasteiger partial charge on any atom is 0.248 e. The van der Waals surface area contributed by atoms with E-state index in [9.17, 15) is 4.79 Å². The van der Waals surface area contributed by atoms with E-state index >= 15 is 0 Å². The van der Waals surface area contributed by atoms with Gasteiger partial charge in [0.2, 0.25) is 11.5 Å². The quantitative estimate of drug-likeness (QED) is 0.448. The first-order valence-corrected chi connectivity index (χ1v) is 5.31. The molecule has 0 saturated heterocycles. The van der Waals surface area contributed by atoms with E-state index in [4.69, 9.17) is 0 Å². The molecular formula is C15H17NO. The van der Waals surface area contributed by atoms with Crippen LogP contribution in [0.5, 0.6) is 0 Å². The minimum Gasteiger partial charge on any atom is -0.358 e. The van der Waals surface area contributed by atoms with Crippen molar-refractivity contribution in [3.8, 4) is 0 Å². The Bertz CT molecular complexity index is 491. The Hall–Kier alpha value is -1.96. The summed E-state index contributed by atoms with van der Waals surface area (Å²) in [5, 5.41) is 0. The molecular weight excluding hydrogens is 210 g/mol. The molecule has 0 bridgehead atoms. The normalized spacial score (nSPS) is 9.47. The highest BCUT2D eigenvalue weighted by Crippen LogP contribution is 2.00. The monoisotopic (exact) mass is 227 g/mol. The summed E-state index contributed by atoms with van der Waals surface area (Å²) < 4.78 is 1.97. The number of carbonyl (C=O) groups excluding carboxylic acids is 1. The number of aromatic nitrogens is 1. The molecule has 2 nitrogen and oxygen atoms in total. The van der Waals surface area contributed by atoms with E-state index in [0.717, 1.165) is 12.2 Å². The fraction of sp³-hybridized carbons (Fsp3) is 0.133. The summed E-state index contributed by atoms with van der Waals surface area (Å²) in [6.45, 7) is 2.33. The fourth-order valence-corrected chi connectivity index (χ4v) is 1.71. The molecule has 0 spiro atoms. The number of pyridine rings is 1. The maximum absolute atomic E-state index is 11.4. The van der Waals surface area contributed by atoms with Crippen LogP contribution in [0.4, 0.5) is 0 Å². The van der Waals surface area contributed by atoms with E-state index in [2.05, 4.69) is 12.1 Å². The SMILES string of the molecule is CC(=O)c1cccc[n+]1Cc1ccccc1.[CH3-]. The Morgan fingerprint density at radius 1 is 1.06 bits per heavy atom. The molecule has 0 amide bonds. The Morgan fingerprint density at radius 2 is 1.71 bits per heavy atom. The Balaban J connectivity index is 0.00000144. The van der Waals surface area contributed by atoms with Crippen molar-refractivity contribution in [2.75, 3.05) is 0 Å². The average Bonchev–Trinajstić information content (AvgIpc) is 2.31. The molecule has 17 heavy (non-hydrogen) atoms. The number of rotatable bonds is 3. The number of carbonyl (C=O) groups is 1. The molecule has 1 heterocycles. The Labute approximate surface area is 103 Å². The zero-order valence-corrected chi connectivity index (χ0v) is 10.3. The number of benzene rings is 1. The summed E-state index contributed by atoms with van der Waals surface area (Å²) in [6, 6.07) is 15.8. The van der Waals surface area contributed by atoms with Crippen LogP contribution >= 0.6 is 0 Å². The van der Waals surface area contributed by atoms with Crippen LogP contribution in [-0.2, 0) is 6.54 Å². The van der Waals surface area contributed by atoms with Gasteiger partial charge >= 0.3 is 0 Å². The number of hydrogen-bond donors (Lipinski definition) is 0. The third-order valence-corrected chi connectivity index (χ3v) is 2.50. The topological polar surface area (TPSA) is 20.9 Å². The number of nitrogens with zero attached hydrogens (tertiary/aromatic N) is 1. The first-order chi connectivity index (χ1) is 7.77. The van der Waals surface area contributed by atoms with E-state index in [1.165, 1.54) is 5.56 Å². The van der Waals surface area contributed by atoms with Crippen molar-refractivity contribution in [2.45, 2.75) is 13.5 Å². The minimum absolute atomic E-state index is 0. The molecule has 0 aliphatic carbocycles. The van der Waals surface area contributed by atoms with Crippen molar-refractivity contribution in [3.05, 3.63) is 73.4 Å². The first kappa shape index (κ1) is 13.1. The van der Waals surface area contributed by atoms with Gasteiger partial charge in [-0.25, -0.2) is 0 Å². The van der Waals surface area contributed by atoms with Gasteiger partial charge in [-0.05, 0) is 6.07 Å². The van der Waals surface area contributed by atoms with Crippen molar-refractivity contribution in [1.29, 1.82) is 0 Å². The van der Waals surface area contributed by atoms with Crippen molar-refractivity contribution < 1.29 is 9.36 Å². The molecule has 1 aromatic heterocycles. The van der Waals surface area contributed by atoms with Gasteiger partial charge in [0.1, 0.15) is 0 Å². The Morgan fingerprint density at radius 3 is 2.35 bits per heavy atom. The zero-order chi connectivity index (χ0) is 11.4. The van der Waals surface area contributed by atoms with Crippen LogP contribution < -0.4 is 4.57 Å². The second-order valence-electron chi connectivity index (χ2n) is 3.76. The lowest BCUT2D eigenvalue weighted by molar-refractivity contribution is -0.690. The molecule has 88 valence electrons. The molecule has 0 atom stereocenters. The number of hydrogen-bond acceptors (Lipinski definition) is 1. The van der Waals surface area contributed by atoms with Gasteiger partial charge in [-0.1, -0.05) is 30.3 Å². The number of ketones is 1. The molecule has 0 radical (unpaired) electrons. The van der Waals surface area contributed by atoms with Gasteiger partial charge in [-0.15, -0.1) is 0 Å². The molecule has 0 fully saturated rings. The van der Waals surface area contributed by atoms with Crippen LogP contribution in [0.1, 0.15) is 23.0 Å². The van der Waals surface area contributed by atoms with E-state index in [0.29, 0.717) is 0 Å². The van der Waals surface area contributed by atoms with Gasteiger partial charge in [-0.3, -0.25) is 4.79 Å². The molecule has 0 N–H and O–H groups in total. The van der Waals surface area contributed by atoms with Crippen molar-refractivity contribution in [1.82, 2.24) is 0 Å². The fourth-order valence-electron chi connectivity index (χ4n) is 1.71. The smallest absolute Gasteiger partial charge is 0.248 e. The summed E-state index contributed by atoms with van der Waals surface area (Å²) in [4.78, 5) is 11.4. The van der Waals surface area contributed by atoms with Gasteiger partial charge in [0.15, 0.2) is 12.7 Å². The second kappa shape index (κ2) is 5.94. The molecule has 2 heteroatoms. The predicted molar refractivity (Wildman–Crippen MR) is 68.6 cm³/mol. The highest BCUT2D eigenvalue weighted by atomic mass is 16.1. The molecule has 0 aliphatic rings. The van der Waals surface area contributed by atoms with Crippen LogP contribution in [0.15, 0.2) is 54.7 Å². The maximum atomic E-state index is 11.4. The van der Waals surface area contributed by atoms with E-state index in [-0.39, 0.29) is 13.2 Å². The van der Waals surface area contributed by atoms with Crippen LogP contribution in [0.2, 0.25) is 0 Å². The number of Topliss-reactive ketones (excluding diaryl/α,β-unsaturated/α-hetero) is 1. The zero-order valence-electron chi connectivity index (χ0n) is 10.3. The van der Waals surface area contributed by atoms with Crippen LogP contribution in [-0.4, -0.2) is 5.78 Å². The van der Waals surface area contributed by atoms with Gasteiger partial charge in [0.05, 0.1) is 0 Å². The Kier molecular flexibility index (Phi) is 4.58. The van der Waals surface area contributed by atoms with Gasteiger partial charge in [0, 0.05) is 24.6 Å². The molecule has 0 aliphatic heterocycles. The predicted octanol–water partition coefficient (Wildman–Crippen LogP) is 2.68. The lowest BCUT2D eigenvalue weighted by Gasteiger charge is -2.00. The average molecular weight is 227 g/mol.